The van der Waals surface area contributed by atoms with Crippen LogP contribution in [0, 0.1) is 0 Å². The van der Waals surface area contributed by atoms with E-state index < -0.39 is 11.7 Å². The number of ketones is 1. The topological polar surface area (TPSA) is 60.7 Å². The van der Waals surface area contributed by atoms with Crippen molar-refractivity contribution in [3.05, 3.63) is 58.9 Å². The summed E-state index contributed by atoms with van der Waals surface area (Å²) in [4.78, 5) is 16.0. The molecule has 0 aliphatic carbocycles. The molecule has 1 aromatic carbocycles. The lowest BCUT2D eigenvalue weighted by Gasteiger charge is -2.11. The molecule has 0 saturated heterocycles. The maximum atomic E-state index is 13.2. The molecule has 0 amide bonds. The van der Waals surface area contributed by atoms with E-state index in [9.17, 15) is 18.0 Å². The van der Waals surface area contributed by atoms with Crippen LogP contribution in [-0.2, 0) is 13.2 Å². The van der Waals surface area contributed by atoms with Crippen molar-refractivity contribution in [2.75, 3.05) is 5.75 Å². The van der Waals surface area contributed by atoms with E-state index in [1.807, 2.05) is 0 Å². The number of pyridine rings is 1. The highest BCUT2D eigenvalue weighted by atomic mass is 35.5. The van der Waals surface area contributed by atoms with Crippen LogP contribution in [0.2, 0.25) is 5.02 Å². The van der Waals surface area contributed by atoms with Crippen LogP contribution in [-0.4, -0.2) is 31.3 Å². The summed E-state index contributed by atoms with van der Waals surface area (Å²) in [5.74, 6) is -0.0669. The van der Waals surface area contributed by atoms with Gasteiger partial charge in [0.1, 0.15) is 0 Å². The standard InChI is InChI=1S/C17H12ClF3N4OS/c1-25-15(12-8-22-7-6-13(12)17(19,20)21)23-24-16(25)27-9-14(26)10-2-4-11(18)5-3-10/h2-8H,9H2,1H3. The van der Waals surface area contributed by atoms with E-state index in [0.29, 0.717) is 15.7 Å². The number of alkyl halides is 3. The van der Waals surface area contributed by atoms with Crippen molar-refractivity contribution in [1.29, 1.82) is 0 Å². The predicted molar refractivity (Wildman–Crippen MR) is 95.7 cm³/mol. The summed E-state index contributed by atoms with van der Waals surface area (Å²) < 4.78 is 41.0. The van der Waals surface area contributed by atoms with Crippen LogP contribution >= 0.6 is 23.4 Å². The van der Waals surface area contributed by atoms with Crippen LogP contribution in [0.15, 0.2) is 47.9 Å². The fraction of sp³-hybridized carbons (Fsp3) is 0.176. The van der Waals surface area contributed by atoms with Crippen LogP contribution in [0.4, 0.5) is 13.2 Å². The molecule has 0 aliphatic heterocycles. The van der Waals surface area contributed by atoms with Gasteiger partial charge in [-0.3, -0.25) is 9.78 Å². The van der Waals surface area contributed by atoms with E-state index in [0.717, 1.165) is 30.2 Å². The van der Waals surface area contributed by atoms with E-state index in [1.165, 1.54) is 11.6 Å². The highest BCUT2D eigenvalue weighted by Crippen LogP contribution is 2.36. The molecule has 10 heteroatoms. The summed E-state index contributed by atoms with van der Waals surface area (Å²) in [6.07, 6.45) is -2.37. The average molecular weight is 413 g/mol. The number of carbonyl (C=O) groups is 1. The summed E-state index contributed by atoms with van der Waals surface area (Å²) in [5, 5.41) is 8.59. The van der Waals surface area contributed by atoms with E-state index in [1.54, 1.807) is 24.3 Å². The zero-order chi connectivity index (χ0) is 19.6. The molecule has 2 heterocycles. The smallest absolute Gasteiger partial charge is 0.305 e. The predicted octanol–water partition coefficient (Wildman–Crippen LogP) is 4.52. The number of aromatic nitrogens is 4. The number of thioether (sulfide) groups is 1. The number of hydrogen-bond donors (Lipinski definition) is 0. The first-order valence-corrected chi connectivity index (χ1v) is 8.96. The van der Waals surface area contributed by atoms with Crippen LogP contribution in [0.5, 0.6) is 0 Å². The van der Waals surface area contributed by atoms with E-state index in [2.05, 4.69) is 15.2 Å². The highest BCUT2D eigenvalue weighted by molar-refractivity contribution is 7.99. The second kappa shape index (κ2) is 7.69. The molecule has 140 valence electrons. The van der Waals surface area contributed by atoms with Crippen molar-refractivity contribution in [2.24, 2.45) is 7.05 Å². The Morgan fingerprint density at radius 1 is 1.19 bits per heavy atom. The van der Waals surface area contributed by atoms with Gasteiger partial charge >= 0.3 is 6.18 Å². The molecular formula is C17H12ClF3N4OS. The van der Waals surface area contributed by atoms with Crippen molar-refractivity contribution in [3.8, 4) is 11.4 Å². The Bertz CT molecular complexity index is 973. The van der Waals surface area contributed by atoms with Crippen molar-refractivity contribution < 1.29 is 18.0 Å². The summed E-state index contributed by atoms with van der Waals surface area (Å²) in [7, 11) is 1.54. The number of hydrogen-bond acceptors (Lipinski definition) is 5. The quantitative estimate of drug-likeness (QED) is 0.455. The number of Topliss-reactive ketones (excluding diaryl/α,β-unsaturated/α-hetero) is 1. The molecule has 0 unspecified atom stereocenters. The molecule has 0 atom stereocenters. The summed E-state index contributed by atoms with van der Waals surface area (Å²) in [6, 6.07) is 7.33. The Kier molecular flexibility index (Phi) is 5.52. The minimum atomic E-state index is -4.54. The largest absolute Gasteiger partial charge is 0.417 e. The lowest BCUT2D eigenvalue weighted by molar-refractivity contribution is -0.137. The van der Waals surface area contributed by atoms with Crippen molar-refractivity contribution in [1.82, 2.24) is 19.7 Å². The third kappa shape index (κ3) is 4.30. The van der Waals surface area contributed by atoms with Gasteiger partial charge in [-0.15, -0.1) is 10.2 Å². The van der Waals surface area contributed by atoms with E-state index in [-0.39, 0.29) is 22.9 Å². The molecule has 3 rings (SSSR count). The van der Waals surface area contributed by atoms with Gasteiger partial charge in [0.05, 0.1) is 11.3 Å². The Morgan fingerprint density at radius 3 is 2.56 bits per heavy atom. The average Bonchev–Trinajstić information content (AvgIpc) is 3.00. The first kappa shape index (κ1) is 19.4. The van der Waals surface area contributed by atoms with Gasteiger partial charge in [-0.2, -0.15) is 13.2 Å². The molecule has 0 saturated carbocycles. The molecule has 5 nitrogen and oxygen atoms in total. The first-order valence-electron chi connectivity index (χ1n) is 7.60. The summed E-state index contributed by atoms with van der Waals surface area (Å²) >= 11 is 6.88. The van der Waals surface area contributed by atoms with Crippen LogP contribution in [0.1, 0.15) is 15.9 Å². The second-order valence-corrected chi connectivity index (χ2v) is 6.88. The third-order valence-corrected chi connectivity index (χ3v) is 4.97. The minimum Gasteiger partial charge on any atom is -0.305 e. The highest BCUT2D eigenvalue weighted by Gasteiger charge is 2.35. The molecule has 0 aliphatic rings. The lowest BCUT2D eigenvalue weighted by Crippen LogP contribution is -2.09. The van der Waals surface area contributed by atoms with Gasteiger partial charge in [0, 0.05) is 35.6 Å². The van der Waals surface area contributed by atoms with Crippen LogP contribution in [0.3, 0.4) is 0 Å². The Morgan fingerprint density at radius 2 is 1.89 bits per heavy atom. The zero-order valence-corrected chi connectivity index (χ0v) is 15.4. The number of benzene rings is 1. The zero-order valence-electron chi connectivity index (χ0n) is 13.9. The molecular weight excluding hydrogens is 401 g/mol. The second-order valence-electron chi connectivity index (χ2n) is 5.50. The van der Waals surface area contributed by atoms with Gasteiger partial charge in [-0.25, -0.2) is 0 Å². The van der Waals surface area contributed by atoms with Crippen LogP contribution in [0.25, 0.3) is 11.4 Å². The summed E-state index contributed by atoms with van der Waals surface area (Å²) in [5.41, 5.74) is -0.529. The maximum Gasteiger partial charge on any atom is 0.417 e. The fourth-order valence-corrected chi connectivity index (χ4v) is 3.28. The Hall–Kier alpha value is -2.39. The monoisotopic (exact) mass is 412 g/mol. The SMILES string of the molecule is Cn1c(SCC(=O)c2ccc(Cl)cc2)nnc1-c1cnccc1C(F)(F)F. The van der Waals surface area contributed by atoms with Crippen LogP contribution < -0.4 is 0 Å². The molecule has 0 N–H and O–H groups in total. The van der Waals surface area contributed by atoms with Gasteiger partial charge in [0.25, 0.3) is 0 Å². The molecule has 2 aromatic heterocycles. The van der Waals surface area contributed by atoms with Gasteiger partial charge in [0.2, 0.25) is 0 Å². The molecule has 0 bridgehead atoms. The minimum absolute atomic E-state index is 0.0249. The number of carbonyl (C=O) groups excluding carboxylic acids is 1. The normalized spacial score (nSPS) is 11.6. The fourth-order valence-electron chi connectivity index (χ4n) is 2.34. The molecule has 0 fully saturated rings. The summed E-state index contributed by atoms with van der Waals surface area (Å²) in [6.45, 7) is 0. The van der Waals surface area contributed by atoms with Crippen molar-refractivity contribution in [2.45, 2.75) is 11.3 Å². The molecule has 27 heavy (non-hydrogen) atoms. The Labute approximate surface area is 161 Å². The van der Waals surface area contributed by atoms with Gasteiger partial charge in [0.15, 0.2) is 16.8 Å². The van der Waals surface area contributed by atoms with Gasteiger partial charge < -0.3 is 4.57 Å². The van der Waals surface area contributed by atoms with Gasteiger partial charge in [-0.05, 0) is 30.3 Å². The third-order valence-electron chi connectivity index (χ3n) is 3.70. The lowest BCUT2D eigenvalue weighted by atomic mass is 10.1. The first-order chi connectivity index (χ1) is 12.8. The Balaban J connectivity index is 1.80. The number of halogens is 4. The molecule has 0 spiro atoms. The molecule has 3 aromatic rings. The maximum absolute atomic E-state index is 13.2. The van der Waals surface area contributed by atoms with Crippen molar-refractivity contribution in [3.63, 3.8) is 0 Å². The number of nitrogens with zero attached hydrogens (tertiary/aromatic N) is 4. The van der Waals surface area contributed by atoms with Crippen molar-refractivity contribution >= 4 is 29.1 Å². The van der Waals surface area contributed by atoms with Gasteiger partial charge in [-0.1, -0.05) is 23.4 Å². The van der Waals surface area contributed by atoms with E-state index in [4.69, 9.17) is 11.6 Å². The van der Waals surface area contributed by atoms with E-state index >= 15 is 0 Å². The molecule has 0 radical (unpaired) electrons. The number of rotatable bonds is 5.